The Morgan fingerprint density at radius 1 is 1.33 bits per heavy atom. The Labute approximate surface area is 138 Å². The van der Waals surface area contributed by atoms with Gasteiger partial charge in [-0.3, -0.25) is 19.9 Å². The summed E-state index contributed by atoms with van der Waals surface area (Å²) in [5.41, 5.74) is 0.788. The SMILES string of the molecule is CCN1C(=O)C(C)(C)c2cc(Nc3cnccn3)c([N+](=O)[O-])cc21. The molecule has 24 heavy (non-hydrogen) atoms. The molecule has 0 atom stereocenters. The van der Waals surface area contributed by atoms with Crippen molar-refractivity contribution in [2.45, 2.75) is 26.2 Å². The Bertz CT molecular complexity index is 820. The zero-order chi connectivity index (χ0) is 17.5. The van der Waals surface area contributed by atoms with Crippen molar-refractivity contribution in [3.8, 4) is 0 Å². The number of hydrogen-bond donors (Lipinski definition) is 1. The molecule has 2 heterocycles. The van der Waals surface area contributed by atoms with Crippen LogP contribution in [0.3, 0.4) is 0 Å². The zero-order valence-corrected chi connectivity index (χ0v) is 13.6. The fraction of sp³-hybridized carbons (Fsp3) is 0.312. The van der Waals surface area contributed by atoms with E-state index >= 15 is 0 Å². The largest absolute Gasteiger partial charge is 0.333 e. The molecule has 1 amide bonds. The van der Waals surface area contributed by atoms with Gasteiger partial charge in [0.1, 0.15) is 11.5 Å². The average molecular weight is 327 g/mol. The molecule has 0 aliphatic carbocycles. The Balaban J connectivity index is 2.16. The van der Waals surface area contributed by atoms with Crippen LogP contribution in [0.2, 0.25) is 0 Å². The number of nitro groups is 1. The minimum Gasteiger partial charge on any atom is -0.333 e. The Morgan fingerprint density at radius 2 is 2.08 bits per heavy atom. The third-order valence-electron chi connectivity index (χ3n) is 4.20. The van der Waals surface area contributed by atoms with Crippen molar-refractivity contribution in [3.05, 3.63) is 46.4 Å². The van der Waals surface area contributed by atoms with Gasteiger partial charge in [0.2, 0.25) is 5.91 Å². The second-order valence-corrected chi connectivity index (χ2v) is 6.03. The summed E-state index contributed by atoms with van der Waals surface area (Å²) in [6.07, 6.45) is 4.49. The van der Waals surface area contributed by atoms with Gasteiger partial charge in [0.05, 0.1) is 22.2 Å². The molecule has 1 aromatic carbocycles. The van der Waals surface area contributed by atoms with E-state index in [-0.39, 0.29) is 17.3 Å². The molecular weight excluding hydrogens is 310 g/mol. The lowest BCUT2D eigenvalue weighted by Crippen LogP contribution is -2.35. The Hall–Kier alpha value is -3.03. The van der Waals surface area contributed by atoms with Crippen molar-refractivity contribution < 1.29 is 9.72 Å². The molecule has 1 aliphatic heterocycles. The van der Waals surface area contributed by atoms with Crippen LogP contribution >= 0.6 is 0 Å². The van der Waals surface area contributed by atoms with Crippen molar-refractivity contribution in [1.82, 2.24) is 9.97 Å². The van der Waals surface area contributed by atoms with Crippen LogP contribution in [0.15, 0.2) is 30.7 Å². The maximum Gasteiger partial charge on any atom is 0.294 e. The van der Waals surface area contributed by atoms with Gasteiger partial charge < -0.3 is 10.2 Å². The lowest BCUT2D eigenvalue weighted by molar-refractivity contribution is -0.383. The van der Waals surface area contributed by atoms with E-state index in [4.69, 9.17) is 0 Å². The van der Waals surface area contributed by atoms with Crippen molar-refractivity contribution in [3.63, 3.8) is 0 Å². The summed E-state index contributed by atoms with van der Waals surface area (Å²) in [7, 11) is 0. The number of rotatable bonds is 4. The first-order valence-corrected chi connectivity index (χ1v) is 7.54. The van der Waals surface area contributed by atoms with Gasteiger partial charge in [0.15, 0.2) is 0 Å². The van der Waals surface area contributed by atoms with E-state index in [0.717, 1.165) is 5.56 Å². The number of benzene rings is 1. The van der Waals surface area contributed by atoms with Gasteiger partial charge in [0, 0.05) is 25.0 Å². The highest BCUT2D eigenvalue weighted by atomic mass is 16.6. The lowest BCUT2D eigenvalue weighted by Gasteiger charge is -2.18. The minimum absolute atomic E-state index is 0.0639. The molecule has 0 spiro atoms. The third kappa shape index (κ3) is 2.36. The van der Waals surface area contributed by atoms with E-state index in [1.165, 1.54) is 24.7 Å². The number of likely N-dealkylation sites (N-methyl/N-ethyl adjacent to an activating group) is 1. The predicted molar refractivity (Wildman–Crippen MR) is 89.5 cm³/mol. The van der Waals surface area contributed by atoms with E-state index < -0.39 is 10.3 Å². The second-order valence-electron chi connectivity index (χ2n) is 6.03. The summed E-state index contributed by atoms with van der Waals surface area (Å²) in [4.78, 5) is 33.2. The van der Waals surface area contributed by atoms with Crippen molar-refractivity contribution in [2.24, 2.45) is 0 Å². The first-order chi connectivity index (χ1) is 11.4. The number of carbonyl (C=O) groups excluding carboxylic acids is 1. The highest BCUT2D eigenvalue weighted by Gasteiger charge is 2.44. The number of carbonyl (C=O) groups is 1. The second kappa shape index (κ2) is 5.55. The average Bonchev–Trinajstić information content (AvgIpc) is 2.74. The van der Waals surface area contributed by atoms with Gasteiger partial charge in [0.25, 0.3) is 5.69 Å². The molecule has 1 aliphatic rings. The van der Waals surface area contributed by atoms with Gasteiger partial charge in [-0.15, -0.1) is 0 Å². The van der Waals surface area contributed by atoms with Crippen LogP contribution in [0, 0.1) is 10.1 Å². The molecule has 0 fully saturated rings. The molecule has 0 unspecified atom stereocenters. The standard InChI is InChI=1S/C16H17N5O3/c1-4-20-12-8-13(21(23)24)11(19-14-9-17-5-6-18-14)7-10(12)16(2,3)15(20)22/h5-9H,4H2,1-3H3,(H,18,19). The molecule has 124 valence electrons. The quantitative estimate of drug-likeness (QED) is 0.684. The lowest BCUT2D eigenvalue weighted by atomic mass is 9.86. The fourth-order valence-electron chi connectivity index (χ4n) is 2.93. The van der Waals surface area contributed by atoms with Crippen molar-refractivity contribution in [2.75, 3.05) is 16.8 Å². The molecule has 1 aromatic heterocycles. The summed E-state index contributed by atoms with van der Waals surface area (Å²) in [5.74, 6) is 0.334. The van der Waals surface area contributed by atoms with Crippen LogP contribution in [0.4, 0.5) is 22.9 Å². The number of amides is 1. The van der Waals surface area contributed by atoms with E-state index in [1.807, 2.05) is 20.8 Å². The van der Waals surface area contributed by atoms with Crippen LogP contribution in [0.25, 0.3) is 0 Å². The third-order valence-corrected chi connectivity index (χ3v) is 4.20. The topological polar surface area (TPSA) is 101 Å². The molecule has 8 heteroatoms. The monoisotopic (exact) mass is 327 g/mol. The number of nitrogens with one attached hydrogen (secondary N) is 1. The van der Waals surface area contributed by atoms with E-state index in [2.05, 4.69) is 15.3 Å². The number of anilines is 3. The summed E-state index contributed by atoms with van der Waals surface area (Å²) < 4.78 is 0. The fourth-order valence-corrected chi connectivity index (χ4v) is 2.93. The highest BCUT2D eigenvalue weighted by Crippen LogP contribution is 2.46. The van der Waals surface area contributed by atoms with Crippen molar-refractivity contribution in [1.29, 1.82) is 0 Å². The first kappa shape index (κ1) is 15.9. The summed E-state index contributed by atoms with van der Waals surface area (Å²) in [6, 6.07) is 3.11. The normalized spacial score (nSPS) is 15.3. The summed E-state index contributed by atoms with van der Waals surface area (Å²) in [5, 5.41) is 14.4. The molecular formula is C16H17N5O3. The van der Waals surface area contributed by atoms with Crippen molar-refractivity contribution >= 4 is 28.8 Å². The van der Waals surface area contributed by atoms with Gasteiger partial charge in [-0.2, -0.15) is 0 Å². The first-order valence-electron chi connectivity index (χ1n) is 7.54. The van der Waals surface area contributed by atoms with E-state index in [1.54, 1.807) is 11.0 Å². The smallest absolute Gasteiger partial charge is 0.294 e. The maximum atomic E-state index is 12.6. The summed E-state index contributed by atoms with van der Waals surface area (Å²) in [6.45, 7) is 5.95. The number of aromatic nitrogens is 2. The number of nitrogens with zero attached hydrogens (tertiary/aromatic N) is 4. The number of hydrogen-bond acceptors (Lipinski definition) is 6. The van der Waals surface area contributed by atoms with Crippen LogP contribution in [0.5, 0.6) is 0 Å². The molecule has 3 rings (SSSR count). The van der Waals surface area contributed by atoms with Crippen LogP contribution in [-0.2, 0) is 10.2 Å². The van der Waals surface area contributed by atoms with Gasteiger partial charge >= 0.3 is 0 Å². The molecule has 1 N–H and O–H groups in total. The highest BCUT2D eigenvalue weighted by molar-refractivity contribution is 6.08. The summed E-state index contributed by atoms with van der Waals surface area (Å²) >= 11 is 0. The zero-order valence-electron chi connectivity index (χ0n) is 13.6. The van der Waals surface area contributed by atoms with Crippen LogP contribution in [0.1, 0.15) is 26.3 Å². The molecule has 0 radical (unpaired) electrons. The van der Waals surface area contributed by atoms with Gasteiger partial charge in [-0.25, -0.2) is 4.98 Å². The van der Waals surface area contributed by atoms with E-state index in [9.17, 15) is 14.9 Å². The molecule has 2 aromatic rings. The van der Waals surface area contributed by atoms with Crippen LogP contribution in [-0.4, -0.2) is 27.3 Å². The predicted octanol–water partition coefficient (Wildman–Crippen LogP) is 2.77. The van der Waals surface area contributed by atoms with E-state index in [0.29, 0.717) is 18.1 Å². The molecule has 8 nitrogen and oxygen atoms in total. The Kier molecular flexibility index (Phi) is 3.67. The minimum atomic E-state index is -0.737. The van der Waals surface area contributed by atoms with Gasteiger partial charge in [-0.05, 0) is 32.4 Å². The molecule has 0 saturated carbocycles. The maximum absolute atomic E-state index is 12.6. The Morgan fingerprint density at radius 3 is 2.67 bits per heavy atom. The van der Waals surface area contributed by atoms with Crippen LogP contribution < -0.4 is 10.2 Å². The van der Waals surface area contributed by atoms with Gasteiger partial charge in [-0.1, -0.05) is 0 Å². The molecule has 0 bridgehead atoms. The number of fused-ring (bicyclic) bond motifs is 1. The molecule has 0 saturated heterocycles. The number of nitro benzene ring substituents is 1.